The summed E-state index contributed by atoms with van der Waals surface area (Å²) in [5, 5.41) is 3.87. The number of nitrogens with zero attached hydrogens (tertiary/aromatic N) is 3. The molecule has 0 aromatic carbocycles. The number of rotatable bonds is 1. The van der Waals surface area contributed by atoms with Gasteiger partial charge in [-0.05, 0) is 19.1 Å². The summed E-state index contributed by atoms with van der Waals surface area (Å²) in [4.78, 5) is 3.82. The lowest BCUT2D eigenvalue weighted by molar-refractivity contribution is -0.137. The summed E-state index contributed by atoms with van der Waals surface area (Å²) in [6, 6.07) is 1.83. The van der Waals surface area contributed by atoms with Crippen molar-refractivity contribution in [2.24, 2.45) is 0 Å². The third-order valence-corrected chi connectivity index (χ3v) is 2.24. The lowest BCUT2D eigenvalue weighted by Crippen LogP contribution is -2.07. The molecule has 2 heterocycles. The van der Waals surface area contributed by atoms with Gasteiger partial charge in [0.1, 0.15) is 5.82 Å². The molecule has 0 bridgehead atoms. The molecule has 0 saturated carbocycles. The quantitative estimate of drug-likeness (QED) is 0.833. The Hall–Kier alpha value is -2.05. The van der Waals surface area contributed by atoms with Gasteiger partial charge in [-0.3, -0.25) is 0 Å². The number of aryl methyl sites for hydroxylation is 1. The first-order valence-corrected chi connectivity index (χ1v) is 4.73. The summed E-state index contributed by atoms with van der Waals surface area (Å²) in [6.45, 7) is 1.71. The van der Waals surface area contributed by atoms with E-state index in [0.29, 0.717) is 5.56 Å². The highest BCUT2D eigenvalue weighted by Crippen LogP contribution is 2.29. The summed E-state index contributed by atoms with van der Waals surface area (Å²) in [7, 11) is 0. The second-order valence-corrected chi connectivity index (χ2v) is 3.54. The van der Waals surface area contributed by atoms with Crippen molar-refractivity contribution in [3.63, 3.8) is 0 Å². The van der Waals surface area contributed by atoms with Crippen LogP contribution >= 0.6 is 0 Å². The number of aromatic nitrogens is 3. The molecule has 0 radical (unpaired) electrons. The van der Waals surface area contributed by atoms with Crippen molar-refractivity contribution in [3.8, 4) is 5.82 Å². The number of nitrogen functional groups attached to an aromatic ring is 1. The molecule has 0 aliphatic heterocycles. The number of anilines is 1. The Balaban J connectivity index is 2.47. The zero-order valence-electron chi connectivity index (χ0n) is 8.86. The van der Waals surface area contributed by atoms with Crippen molar-refractivity contribution < 1.29 is 13.2 Å². The van der Waals surface area contributed by atoms with Crippen molar-refractivity contribution in [2.45, 2.75) is 13.1 Å². The summed E-state index contributed by atoms with van der Waals surface area (Å²) in [6.07, 6.45) is -1.78. The predicted octanol–water partition coefficient (Wildman–Crippen LogP) is 2.18. The number of alkyl halides is 3. The fourth-order valence-corrected chi connectivity index (χ4v) is 1.31. The van der Waals surface area contributed by atoms with Crippen LogP contribution in [0.4, 0.5) is 19.0 Å². The smallest absolute Gasteiger partial charge is 0.382 e. The maximum Gasteiger partial charge on any atom is 0.416 e. The molecule has 0 spiro atoms. The second kappa shape index (κ2) is 3.76. The molecule has 0 unspecified atom stereocenters. The summed E-state index contributed by atoms with van der Waals surface area (Å²) in [5.74, 6) is 0.351. The van der Waals surface area contributed by atoms with Gasteiger partial charge in [0.2, 0.25) is 0 Å². The average Bonchev–Trinajstić information content (AvgIpc) is 2.58. The largest absolute Gasteiger partial charge is 0.416 e. The molecule has 4 nitrogen and oxygen atoms in total. The Morgan fingerprint density at radius 3 is 2.59 bits per heavy atom. The Morgan fingerprint density at radius 1 is 1.35 bits per heavy atom. The van der Waals surface area contributed by atoms with E-state index in [0.717, 1.165) is 18.3 Å². The number of hydrogen-bond acceptors (Lipinski definition) is 3. The van der Waals surface area contributed by atoms with E-state index in [4.69, 9.17) is 5.73 Å². The number of hydrogen-bond donors (Lipinski definition) is 1. The molecule has 17 heavy (non-hydrogen) atoms. The highest BCUT2D eigenvalue weighted by Gasteiger charge is 2.30. The molecule has 0 aliphatic carbocycles. The van der Waals surface area contributed by atoms with Crippen LogP contribution in [0.25, 0.3) is 5.82 Å². The summed E-state index contributed by atoms with van der Waals surface area (Å²) >= 11 is 0. The predicted molar refractivity (Wildman–Crippen MR) is 55.5 cm³/mol. The van der Waals surface area contributed by atoms with Crippen LogP contribution in [-0.2, 0) is 6.18 Å². The Kier molecular flexibility index (Phi) is 2.53. The lowest BCUT2D eigenvalue weighted by atomic mass is 10.2. The third kappa shape index (κ3) is 2.22. The molecule has 2 N–H and O–H groups in total. The van der Waals surface area contributed by atoms with Gasteiger partial charge in [0, 0.05) is 18.0 Å². The van der Waals surface area contributed by atoms with E-state index in [2.05, 4.69) is 10.1 Å². The molecule has 2 aromatic rings. The average molecular weight is 242 g/mol. The monoisotopic (exact) mass is 242 g/mol. The zero-order valence-corrected chi connectivity index (χ0v) is 8.86. The molecule has 90 valence electrons. The number of pyridine rings is 1. The highest BCUT2D eigenvalue weighted by atomic mass is 19.4. The first-order chi connectivity index (χ1) is 7.88. The topological polar surface area (TPSA) is 56.7 Å². The Bertz CT molecular complexity index is 525. The number of halogens is 3. The van der Waals surface area contributed by atoms with Gasteiger partial charge in [-0.25, -0.2) is 9.67 Å². The summed E-state index contributed by atoms with van der Waals surface area (Å²) in [5.41, 5.74) is 5.44. The van der Waals surface area contributed by atoms with Crippen LogP contribution < -0.4 is 5.73 Å². The van der Waals surface area contributed by atoms with Gasteiger partial charge in [0.05, 0.1) is 5.56 Å². The van der Waals surface area contributed by atoms with E-state index in [1.165, 1.54) is 10.9 Å². The van der Waals surface area contributed by atoms with E-state index in [1.54, 1.807) is 6.92 Å². The van der Waals surface area contributed by atoms with Crippen LogP contribution in [0.3, 0.4) is 0 Å². The minimum Gasteiger partial charge on any atom is -0.382 e. The fourth-order valence-electron chi connectivity index (χ4n) is 1.31. The molecule has 2 aromatic heterocycles. The molecule has 2 rings (SSSR count). The van der Waals surface area contributed by atoms with E-state index in [1.807, 2.05) is 0 Å². The van der Waals surface area contributed by atoms with Crippen molar-refractivity contribution in [1.29, 1.82) is 0 Å². The second-order valence-electron chi connectivity index (χ2n) is 3.54. The van der Waals surface area contributed by atoms with Crippen molar-refractivity contribution >= 4 is 5.82 Å². The molecule has 0 fully saturated rings. The Morgan fingerprint density at radius 2 is 2.06 bits per heavy atom. The van der Waals surface area contributed by atoms with E-state index >= 15 is 0 Å². The Labute approximate surface area is 94.9 Å². The van der Waals surface area contributed by atoms with Crippen LogP contribution in [0, 0.1) is 6.92 Å². The molecule has 0 aliphatic rings. The first-order valence-electron chi connectivity index (χ1n) is 4.73. The minimum atomic E-state index is -4.40. The van der Waals surface area contributed by atoms with Gasteiger partial charge in [-0.1, -0.05) is 0 Å². The first kappa shape index (κ1) is 11.4. The molecular formula is C10H9F3N4. The van der Waals surface area contributed by atoms with Crippen LogP contribution in [-0.4, -0.2) is 14.8 Å². The standard InChI is InChI=1S/C10H9F3N4/c1-6-5-17(16-9(6)14)8-4-7(2-3-15-8)10(11,12)13/h2-5H,1H3,(H2,14,16). The fraction of sp³-hybridized carbons (Fsp3) is 0.200. The third-order valence-electron chi connectivity index (χ3n) is 2.24. The van der Waals surface area contributed by atoms with E-state index < -0.39 is 11.7 Å². The number of nitrogens with two attached hydrogens (primary N) is 1. The van der Waals surface area contributed by atoms with Crippen molar-refractivity contribution in [1.82, 2.24) is 14.8 Å². The molecular weight excluding hydrogens is 233 g/mol. The van der Waals surface area contributed by atoms with E-state index in [9.17, 15) is 13.2 Å². The van der Waals surface area contributed by atoms with Crippen molar-refractivity contribution in [3.05, 3.63) is 35.7 Å². The van der Waals surface area contributed by atoms with Gasteiger partial charge < -0.3 is 5.73 Å². The molecule has 7 heteroatoms. The van der Waals surface area contributed by atoms with Gasteiger partial charge in [-0.2, -0.15) is 13.2 Å². The van der Waals surface area contributed by atoms with Crippen LogP contribution in [0.1, 0.15) is 11.1 Å². The van der Waals surface area contributed by atoms with Crippen LogP contribution in [0.15, 0.2) is 24.5 Å². The SMILES string of the molecule is Cc1cn(-c2cc(C(F)(F)F)ccn2)nc1N. The molecule has 0 atom stereocenters. The molecule has 0 saturated heterocycles. The van der Waals surface area contributed by atoms with Gasteiger partial charge in [0.15, 0.2) is 5.82 Å². The lowest BCUT2D eigenvalue weighted by Gasteiger charge is -2.07. The maximum atomic E-state index is 12.5. The molecule has 0 amide bonds. The zero-order chi connectivity index (χ0) is 12.6. The summed E-state index contributed by atoms with van der Waals surface area (Å²) < 4.78 is 38.7. The van der Waals surface area contributed by atoms with Crippen molar-refractivity contribution in [2.75, 3.05) is 5.73 Å². The van der Waals surface area contributed by atoms with Gasteiger partial charge >= 0.3 is 6.18 Å². The van der Waals surface area contributed by atoms with Crippen LogP contribution in [0.2, 0.25) is 0 Å². The van der Waals surface area contributed by atoms with Gasteiger partial charge in [-0.15, -0.1) is 5.10 Å². The van der Waals surface area contributed by atoms with Gasteiger partial charge in [0.25, 0.3) is 0 Å². The minimum absolute atomic E-state index is 0.0830. The maximum absolute atomic E-state index is 12.5. The normalized spacial score (nSPS) is 11.8. The van der Waals surface area contributed by atoms with E-state index in [-0.39, 0.29) is 11.6 Å². The highest BCUT2D eigenvalue weighted by molar-refractivity contribution is 5.39. The van der Waals surface area contributed by atoms with Crippen LogP contribution in [0.5, 0.6) is 0 Å².